The van der Waals surface area contributed by atoms with Crippen LogP contribution in [0.25, 0.3) is 10.2 Å². The smallest absolute Gasteiger partial charge is 0.240 e. The van der Waals surface area contributed by atoms with Crippen LogP contribution in [-0.2, 0) is 4.79 Å². The lowest BCUT2D eigenvalue weighted by molar-refractivity contribution is -0.131. The third-order valence-corrected chi connectivity index (χ3v) is 8.12. The van der Waals surface area contributed by atoms with Crippen LogP contribution in [0.3, 0.4) is 0 Å². The number of carbonyl (C=O) groups is 1. The normalized spacial score (nSPS) is 24.0. The van der Waals surface area contributed by atoms with Gasteiger partial charge < -0.3 is 15.1 Å². The first kappa shape index (κ1) is 24.4. The number of aromatic nitrogens is 1. The number of rotatable bonds is 3. The lowest BCUT2D eigenvalue weighted by atomic mass is 10.1. The number of thioether (sulfide) groups is 1. The molecule has 0 unspecified atom stereocenters. The van der Waals surface area contributed by atoms with Crippen molar-refractivity contribution in [3.8, 4) is 6.07 Å². The SMILES string of the molecule is Cl.Cl.N#Cc1ccc2nc(N3CCN([C@@H]4CN[C@H](C(=O)N5CCSC5)C4)CC3)sc2c1. The van der Waals surface area contributed by atoms with Crippen LogP contribution >= 0.6 is 47.9 Å². The molecule has 5 rings (SSSR count). The van der Waals surface area contributed by atoms with Crippen molar-refractivity contribution in [2.45, 2.75) is 18.5 Å². The van der Waals surface area contributed by atoms with Crippen molar-refractivity contribution in [2.24, 2.45) is 0 Å². The first-order valence-electron chi connectivity index (χ1n) is 10.1. The molecule has 1 amide bonds. The summed E-state index contributed by atoms with van der Waals surface area (Å²) in [6, 6.07) is 8.31. The fourth-order valence-electron chi connectivity index (χ4n) is 4.39. The van der Waals surface area contributed by atoms with Crippen molar-refractivity contribution in [3.05, 3.63) is 23.8 Å². The lowest BCUT2D eigenvalue weighted by Gasteiger charge is -2.37. The van der Waals surface area contributed by atoms with E-state index in [1.807, 2.05) is 34.9 Å². The van der Waals surface area contributed by atoms with Crippen LogP contribution in [0.4, 0.5) is 5.13 Å². The molecule has 1 N–H and O–H groups in total. The van der Waals surface area contributed by atoms with E-state index in [-0.39, 0.29) is 36.8 Å². The second-order valence-corrected chi connectivity index (χ2v) is 9.89. The minimum atomic E-state index is -0.0182. The van der Waals surface area contributed by atoms with Crippen molar-refractivity contribution in [3.63, 3.8) is 0 Å². The molecule has 0 bridgehead atoms. The number of anilines is 1. The molecule has 1 aromatic heterocycles. The van der Waals surface area contributed by atoms with Crippen molar-refractivity contribution < 1.29 is 4.79 Å². The van der Waals surface area contributed by atoms with Gasteiger partial charge in [-0.15, -0.1) is 36.6 Å². The van der Waals surface area contributed by atoms with Gasteiger partial charge in [0.1, 0.15) is 0 Å². The Kier molecular flexibility index (Phi) is 8.30. The highest BCUT2D eigenvalue weighted by atomic mass is 35.5. The number of benzene rings is 1. The zero-order chi connectivity index (χ0) is 19.8. The second kappa shape index (κ2) is 10.6. The molecule has 2 aromatic rings. The molecule has 3 fully saturated rings. The van der Waals surface area contributed by atoms with Crippen LogP contribution in [0, 0.1) is 11.3 Å². The standard InChI is InChI=1S/C20H24N6OS2.2ClH/c21-11-14-1-2-16-18(9-14)29-20(23-16)25-5-3-24(4-6-25)15-10-17(22-12-15)19(27)26-7-8-28-13-26;;/h1-2,9,15,17,22H,3-8,10,12-13H2;2*1H/t15-,17-;;/m0../s1. The number of fused-ring (bicyclic) bond motifs is 1. The summed E-state index contributed by atoms with van der Waals surface area (Å²) in [5.74, 6) is 2.19. The minimum Gasteiger partial charge on any atom is -0.345 e. The van der Waals surface area contributed by atoms with E-state index < -0.39 is 0 Å². The van der Waals surface area contributed by atoms with Gasteiger partial charge in [0.2, 0.25) is 5.91 Å². The summed E-state index contributed by atoms with van der Waals surface area (Å²) in [6.07, 6.45) is 0.915. The molecule has 168 valence electrons. The van der Waals surface area contributed by atoms with Crippen molar-refractivity contribution >= 4 is 69.2 Å². The number of hydrogen-bond acceptors (Lipinski definition) is 8. The zero-order valence-corrected chi connectivity index (χ0v) is 20.3. The van der Waals surface area contributed by atoms with Crippen LogP contribution in [0.5, 0.6) is 0 Å². The summed E-state index contributed by atoms with van der Waals surface area (Å²) in [6.45, 7) is 5.67. The number of hydrogen-bond donors (Lipinski definition) is 1. The third-order valence-electron chi connectivity index (χ3n) is 6.08. The molecular formula is C20H26Cl2N6OS2. The highest BCUT2D eigenvalue weighted by molar-refractivity contribution is 7.99. The van der Waals surface area contributed by atoms with Gasteiger partial charge in [-0.3, -0.25) is 9.69 Å². The number of carbonyl (C=O) groups excluding carboxylic acids is 1. The molecule has 4 heterocycles. The van der Waals surface area contributed by atoms with E-state index in [2.05, 4.69) is 21.2 Å². The first-order chi connectivity index (χ1) is 14.2. The topological polar surface area (TPSA) is 75.5 Å². The largest absolute Gasteiger partial charge is 0.345 e. The Bertz CT molecular complexity index is 953. The highest BCUT2D eigenvalue weighted by Crippen LogP contribution is 2.30. The number of nitriles is 1. The number of nitrogens with zero attached hydrogens (tertiary/aromatic N) is 5. The van der Waals surface area contributed by atoms with Crippen LogP contribution in [0.2, 0.25) is 0 Å². The van der Waals surface area contributed by atoms with Gasteiger partial charge in [-0.1, -0.05) is 11.3 Å². The predicted octanol–water partition coefficient (Wildman–Crippen LogP) is 2.40. The number of amides is 1. The fourth-order valence-corrected chi connectivity index (χ4v) is 6.40. The summed E-state index contributed by atoms with van der Waals surface area (Å²) in [4.78, 5) is 24.3. The molecule has 0 saturated carbocycles. The first-order valence-corrected chi connectivity index (χ1v) is 12.1. The minimum absolute atomic E-state index is 0. The molecule has 2 atom stereocenters. The van der Waals surface area contributed by atoms with Crippen LogP contribution in [0.15, 0.2) is 18.2 Å². The monoisotopic (exact) mass is 500 g/mol. The van der Waals surface area contributed by atoms with E-state index >= 15 is 0 Å². The zero-order valence-electron chi connectivity index (χ0n) is 17.0. The Labute approximate surface area is 203 Å². The molecule has 31 heavy (non-hydrogen) atoms. The summed E-state index contributed by atoms with van der Waals surface area (Å²) in [7, 11) is 0. The van der Waals surface area contributed by atoms with Crippen molar-refractivity contribution in [1.29, 1.82) is 5.26 Å². The Morgan fingerprint density at radius 2 is 2.00 bits per heavy atom. The van der Waals surface area contributed by atoms with Crippen LogP contribution in [0.1, 0.15) is 12.0 Å². The Balaban J connectivity index is 0.00000136. The van der Waals surface area contributed by atoms with Gasteiger partial charge in [0, 0.05) is 51.1 Å². The fraction of sp³-hybridized carbons (Fsp3) is 0.550. The number of halogens is 2. The maximum Gasteiger partial charge on any atom is 0.240 e. The van der Waals surface area contributed by atoms with E-state index in [4.69, 9.17) is 10.2 Å². The Morgan fingerprint density at radius 1 is 1.19 bits per heavy atom. The number of nitrogens with one attached hydrogen (secondary N) is 1. The van der Waals surface area contributed by atoms with Crippen LogP contribution < -0.4 is 10.2 Å². The molecule has 0 spiro atoms. The van der Waals surface area contributed by atoms with Gasteiger partial charge in [-0.25, -0.2) is 4.98 Å². The van der Waals surface area contributed by atoms with Gasteiger partial charge in [0.25, 0.3) is 0 Å². The van der Waals surface area contributed by atoms with Crippen molar-refractivity contribution in [2.75, 3.05) is 55.8 Å². The van der Waals surface area contributed by atoms with Gasteiger partial charge >= 0.3 is 0 Å². The Morgan fingerprint density at radius 3 is 2.71 bits per heavy atom. The second-order valence-electron chi connectivity index (χ2n) is 7.80. The molecule has 7 nitrogen and oxygen atoms in total. The van der Waals surface area contributed by atoms with Crippen LogP contribution in [-0.4, -0.2) is 83.7 Å². The van der Waals surface area contributed by atoms with Crippen molar-refractivity contribution in [1.82, 2.24) is 20.1 Å². The lowest BCUT2D eigenvalue weighted by Crippen LogP contribution is -2.51. The number of thiazole rings is 1. The van der Waals surface area contributed by atoms with Gasteiger partial charge in [-0.05, 0) is 24.6 Å². The molecular weight excluding hydrogens is 475 g/mol. The molecule has 3 saturated heterocycles. The maximum absolute atomic E-state index is 12.6. The average molecular weight is 502 g/mol. The number of piperazine rings is 1. The summed E-state index contributed by atoms with van der Waals surface area (Å²) < 4.78 is 1.07. The summed E-state index contributed by atoms with van der Waals surface area (Å²) >= 11 is 3.51. The van der Waals surface area contributed by atoms with Gasteiger partial charge in [0.05, 0.1) is 33.8 Å². The highest BCUT2D eigenvalue weighted by Gasteiger charge is 2.36. The molecule has 0 radical (unpaired) electrons. The molecule has 3 aliphatic heterocycles. The quantitative estimate of drug-likeness (QED) is 0.693. The van der Waals surface area contributed by atoms with E-state index in [1.54, 1.807) is 11.3 Å². The molecule has 1 aromatic carbocycles. The molecule has 11 heteroatoms. The van der Waals surface area contributed by atoms with E-state index in [0.29, 0.717) is 11.6 Å². The Hall–Kier alpha value is -1.28. The van der Waals surface area contributed by atoms with Gasteiger partial charge in [0.15, 0.2) is 5.13 Å². The molecule has 3 aliphatic rings. The van der Waals surface area contributed by atoms with E-state index in [1.165, 1.54) is 0 Å². The summed E-state index contributed by atoms with van der Waals surface area (Å²) in [5, 5.41) is 13.6. The van der Waals surface area contributed by atoms with E-state index in [9.17, 15) is 4.79 Å². The van der Waals surface area contributed by atoms with Gasteiger partial charge in [-0.2, -0.15) is 5.26 Å². The van der Waals surface area contributed by atoms with E-state index in [0.717, 1.165) is 72.7 Å². The predicted molar refractivity (Wildman–Crippen MR) is 132 cm³/mol. The maximum atomic E-state index is 12.6. The molecule has 0 aliphatic carbocycles. The average Bonchev–Trinajstić information content (AvgIpc) is 3.53. The third kappa shape index (κ3) is 5.05. The summed E-state index contributed by atoms with van der Waals surface area (Å²) in [5.41, 5.74) is 1.65.